The monoisotopic (exact) mass is 339 g/mol. The van der Waals surface area contributed by atoms with Gasteiger partial charge in [0.1, 0.15) is 11.6 Å². The molecule has 2 nitrogen and oxygen atoms in total. The van der Waals surface area contributed by atoms with Crippen LogP contribution < -0.4 is 0 Å². The van der Waals surface area contributed by atoms with E-state index in [1.807, 2.05) is 0 Å². The fourth-order valence-corrected chi connectivity index (χ4v) is 2.27. The van der Waals surface area contributed by atoms with Crippen molar-refractivity contribution in [3.63, 3.8) is 0 Å². The third-order valence-electron chi connectivity index (χ3n) is 2.97. The minimum Gasteiger partial charge on any atom is -0.268 e. The van der Waals surface area contributed by atoms with Crippen molar-refractivity contribution in [1.29, 1.82) is 0 Å². The minimum absolute atomic E-state index is 0.243. The van der Waals surface area contributed by atoms with E-state index in [-0.39, 0.29) is 11.5 Å². The summed E-state index contributed by atoms with van der Waals surface area (Å²) < 4.78 is 27.9. The second-order valence-corrected chi connectivity index (χ2v) is 5.09. The van der Waals surface area contributed by atoms with Gasteiger partial charge in [-0.05, 0) is 25.1 Å². The summed E-state index contributed by atoms with van der Waals surface area (Å²) in [6, 6.07) is 11.4. The number of carbonyl (C=O) groups is 1. The fourth-order valence-electron chi connectivity index (χ4n) is 1.84. The number of rotatable bonds is 3. The molecule has 0 fully saturated rings. The van der Waals surface area contributed by atoms with Crippen LogP contribution >= 0.6 is 16.1 Å². The van der Waals surface area contributed by atoms with E-state index in [4.69, 9.17) is 0 Å². The third kappa shape index (κ3) is 3.04. The standard InChI is InChI=1S/C15H12BrF2NO/c1-10(13-8-7-12(17)9-14(13)18)19(16)15(20)11-5-3-2-4-6-11/h2-10H,1H3. The average Bonchev–Trinajstić information content (AvgIpc) is 2.46. The Morgan fingerprint density at radius 2 is 1.80 bits per heavy atom. The van der Waals surface area contributed by atoms with E-state index in [1.54, 1.807) is 37.3 Å². The number of amides is 1. The quantitative estimate of drug-likeness (QED) is 0.755. The Balaban J connectivity index is 2.24. The van der Waals surface area contributed by atoms with Gasteiger partial charge in [0, 0.05) is 17.2 Å². The van der Waals surface area contributed by atoms with Crippen molar-refractivity contribution in [2.45, 2.75) is 13.0 Å². The molecule has 1 atom stereocenters. The Kier molecular flexibility index (Phi) is 4.49. The molecule has 0 saturated carbocycles. The van der Waals surface area contributed by atoms with Gasteiger partial charge in [0.25, 0.3) is 5.91 Å². The summed E-state index contributed by atoms with van der Waals surface area (Å²) in [6.45, 7) is 1.66. The SMILES string of the molecule is CC(c1ccc(F)cc1F)N(Br)C(=O)c1ccccc1. The molecule has 0 radical (unpaired) electrons. The van der Waals surface area contributed by atoms with E-state index in [9.17, 15) is 13.6 Å². The highest BCUT2D eigenvalue weighted by Gasteiger charge is 2.23. The molecule has 5 heteroatoms. The van der Waals surface area contributed by atoms with E-state index in [1.165, 1.54) is 16.1 Å². The highest BCUT2D eigenvalue weighted by atomic mass is 79.9. The molecule has 20 heavy (non-hydrogen) atoms. The first-order valence-electron chi connectivity index (χ1n) is 6.00. The lowest BCUT2D eigenvalue weighted by molar-refractivity contribution is 0.0848. The number of benzene rings is 2. The molecule has 0 N–H and O–H groups in total. The predicted octanol–water partition coefficient (Wildman–Crippen LogP) is 4.48. The summed E-state index contributed by atoms with van der Waals surface area (Å²) in [5.41, 5.74) is 0.728. The van der Waals surface area contributed by atoms with Crippen LogP contribution in [-0.2, 0) is 0 Å². The summed E-state index contributed by atoms with van der Waals surface area (Å²) in [4.78, 5) is 12.2. The highest BCUT2D eigenvalue weighted by Crippen LogP contribution is 2.27. The van der Waals surface area contributed by atoms with Gasteiger partial charge >= 0.3 is 0 Å². The first-order chi connectivity index (χ1) is 9.50. The van der Waals surface area contributed by atoms with Crippen molar-refractivity contribution in [2.24, 2.45) is 0 Å². The molecule has 2 aromatic rings. The fraction of sp³-hybridized carbons (Fsp3) is 0.133. The van der Waals surface area contributed by atoms with Gasteiger partial charge in [-0.3, -0.25) is 8.72 Å². The molecular formula is C15H12BrF2NO. The van der Waals surface area contributed by atoms with E-state index < -0.39 is 17.7 Å². The van der Waals surface area contributed by atoms with Gasteiger partial charge in [-0.25, -0.2) is 8.78 Å². The van der Waals surface area contributed by atoms with Gasteiger partial charge in [-0.15, -0.1) is 0 Å². The van der Waals surface area contributed by atoms with Crippen LogP contribution in [-0.4, -0.2) is 9.83 Å². The van der Waals surface area contributed by atoms with Crippen LogP contribution in [0.15, 0.2) is 48.5 Å². The number of carbonyl (C=O) groups excluding carboxylic acids is 1. The molecule has 1 unspecified atom stereocenters. The minimum atomic E-state index is -0.678. The lowest BCUT2D eigenvalue weighted by atomic mass is 10.1. The largest absolute Gasteiger partial charge is 0.268 e. The molecule has 0 spiro atoms. The first kappa shape index (κ1) is 14.7. The van der Waals surface area contributed by atoms with Crippen LogP contribution in [0.4, 0.5) is 8.78 Å². The molecule has 0 aromatic heterocycles. The van der Waals surface area contributed by atoms with E-state index in [2.05, 4.69) is 16.1 Å². The van der Waals surface area contributed by atoms with Gasteiger partial charge in [0.15, 0.2) is 0 Å². The molecule has 0 saturated heterocycles. The maximum Gasteiger partial charge on any atom is 0.264 e. The van der Waals surface area contributed by atoms with E-state index in [0.717, 1.165) is 6.07 Å². The Morgan fingerprint density at radius 3 is 2.40 bits per heavy atom. The van der Waals surface area contributed by atoms with Gasteiger partial charge in [0.2, 0.25) is 0 Å². The summed E-state index contributed by atoms with van der Waals surface area (Å²) in [7, 11) is 0. The maximum absolute atomic E-state index is 13.7. The van der Waals surface area contributed by atoms with Gasteiger partial charge in [-0.2, -0.15) is 0 Å². The molecule has 2 aromatic carbocycles. The van der Waals surface area contributed by atoms with Crippen molar-refractivity contribution in [3.05, 3.63) is 71.3 Å². The summed E-state index contributed by atoms with van der Waals surface area (Å²) in [5, 5.41) is 0. The molecule has 0 aliphatic heterocycles. The van der Waals surface area contributed by atoms with Crippen LogP contribution in [0, 0.1) is 11.6 Å². The zero-order valence-corrected chi connectivity index (χ0v) is 12.3. The topological polar surface area (TPSA) is 20.3 Å². The summed E-state index contributed by atoms with van der Waals surface area (Å²) >= 11 is 3.16. The van der Waals surface area contributed by atoms with Crippen LogP contribution in [0.25, 0.3) is 0 Å². The Labute approximate surface area is 124 Å². The summed E-state index contributed by atoms with van der Waals surface area (Å²) in [5.74, 6) is -1.61. The molecule has 0 bridgehead atoms. The number of hydrogen-bond acceptors (Lipinski definition) is 1. The Hall–Kier alpha value is -1.75. The van der Waals surface area contributed by atoms with Gasteiger partial charge < -0.3 is 0 Å². The zero-order chi connectivity index (χ0) is 14.7. The Bertz CT molecular complexity index is 619. The maximum atomic E-state index is 13.7. The van der Waals surface area contributed by atoms with Crippen molar-refractivity contribution in [3.8, 4) is 0 Å². The highest BCUT2D eigenvalue weighted by molar-refractivity contribution is 9.07. The van der Waals surface area contributed by atoms with Crippen LogP contribution in [0.1, 0.15) is 28.9 Å². The lowest BCUT2D eigenvalue weighted by Crippen LogP contribution is -2.25. The predicted molar refractivity (Wildman–Crippen MR) is 76.3 cm³/mol. The Morgan fingerprint density at radius 1 is 1.15 bits per heavy atom. The van der Waals surface area contributed by atoms with Crippen molar-refractivity contribution >= 4 is 22.1 Å². The second kappa shape index (κ2) is 6.13. The molecule has 0 aliphatic rings. The molecule has 0 heterocycles. The first-order valence-corrected chi connectivity index (χ1v) is 6.71. The van der Waals surface area contributed by atoms with Gasteiger partial charge in [0.05, 0.1) is 22.2 Å². The van der Waals surface area contributed by atoms with Gasteiger partial charge in [-0.1, -0.05) is 24.3 Å². The van der Waals surface area contributed by atoms with Crippen LogP contribution in [0.2, 0.25) is 0 Å². The van der Waals surface area contributed by atoms with Crippen LogP contribution in [0.3, 0.4) is 0 Å². The molecule has 1 amide bonds. The van der Waals surface area contributed by atoms with Crippen LogP contribution in [0.5, 0.6) is 0 Å². The molecule has 0 aliphatic carbocycles. The van der Waals surface area contributed by atoms with Crippen molar-refractivity contribution in [1.82, 2.24) is 3.93 Å². The van der Waals surface area contributed by atoms with E-state index in [0.29, 0.717) is 5.56 Å². The summed E-state index contributed by atoms with van der Waals surface area (Å²) in [6.07, 6.45) is 0. The number of hydrogen-bond donors (Lipinski definition) is 0. The third-order valence-corrected chi connectivity index (χ3v) is 3.90. The van der Waals surface area contributed by atoms with E-state index >= 15 is 0 Å². The molecule has 104 valence electrons. The van der Waals surface area contributed by atoms with Crippen molar-refractivity contribution < 1.29 is 13.6 Å². The number of halogens is 3. The number of nitrogens with zero attached hydrogens (tertiary/aromatic N) is 1. The average molecular weight is 340 g/mol. The second-order valence-electron chi connectivity index (χ2n) is 4.32. The smallest absolute Gasteiger partial charge is 0.264 e. The molecule has 2 rings (SSSR count). The molecular weight excluding hydrogens is 328 g/mol. The van der Waals surface area contributed by atoms with Crippen molar-refractivity contribution in [2.75, 3.05) is 0 Å². The lowest BCUT2D eigenvalue weighted by Gasteiger charge is -2.23. The normalized spacial score (nSPS) is 12.0. The zero-order valence-electron chi connectivity index (χ0n) is 10.7.